The predicted octanol–water partition coefficient (Wildman–Crippen LogP) is 4.92. The third-order valence-electron chi connectivity index (χ3n) is 5.96. The van der Waals surface area contributed by atoms with Gasteiger partial charge in [0, 0.05) is 29.2 Å². The van der Waals surface area contributed by atoms with E-state index in [2.05, 4.69) is 10.3 Å². The highest BCUT2D eigenvalue weighted by Crippen LogP contribution is 2.35. The van der Waals surface area contributed by atoms with Crippen molar-refractivity contribution in [3.63, 3.8) is 0 Å². The zero-order valence-electron chi connectivity index (χ0n) is 16.7. The monoisotopic (exact) mass is 427 g/mol. The maximum atomic E-state index is 13.3. The van der Waals surface area contributed by atoms with E-state index >= 15 is 0 Å². The fourth-order valence-electron chi connectivity index (χ4n) is 4.46. The molecular weight excluding hydrogens is 407 g/mol. The topological polar surface area (TPSA) is 54.5 Å². The van der Waals surface area contributed by atoms with Gasteiger partial charge >= 0.3 is 6.18 Å². The molecule has 31 heavy (non-hydrogen) atoms. The van der Waals surface area contributed by atoms with Gasteiger partial charge in [0.15, 0.2) is 0 Å². The molecular formula is C23H20F3N3O2. The van der Waals surface area contributed by atoms with Crippen LogP contribution >= 0.6 is 0 Å². The Balaban J connectivity index is 1.54. The summed E-state index contributed by atoms with van der Waals surface area (Å²) in [6.07, 6.45) is -1.97. The summed E-state index contributed by atoms with van der Waals surface area (Å²) in [5, 5.41) is 4.43. The van der Waals surface area contributed by atoms with Gasteiger partial charge in [0.05, 0.1) is 29.9 Å². The smallest absolute Gasteiger partial charge is 0.374 e. The van der Waals surface area contributed by atoms with Crippen LogP contribution in [0.5, 0.6) is 0 Å². The zero-order valence-corrected chi connectivity index (χ0v) is 16.7. The standard InChI is InChI=1S/C23H20F3N3O2/c1-13-4-2-7-18-20(13)19(22(30)29-11-17-9-16(29)12-31-17)10-27-21(18)28-15-6-3-5-14(8-15)23(24,25)26/h2-8,10,16-17H,9,11-12H2,1H3,(H,27,28). The van der Waals surface area contributed by atoms with Crippen molar-refractivity contribution in [1.29, 1.82) is 0 Å². The van der Waals surface area contributed by atoms with Crippen molar-refractivity contribution in [2.24, 2.45) is 0 Å². The van der Waals surface area contributed by atoms with E-state index in [0.717, 1.165) is 29.5 Å². The van der Waals surface area contributed by atoms with E-state index in [9.17, 15) is 18.0 Å². The maximum absolute atomic E-state index is 13.3. The first kappa shape index (κ1) is 19.8. The van der Waals surface area contributed by atoms with Crippen molar-refractivity contribution in [1.82, 2.24) is 9.88 Å². The number of ether oxygens (including phenoxy) is 1. The van der Waals surface area contributed by atoms with Crippen LogP contribution in [0.15, 0.2) is 48.7 Å². The SMILES string of the molecule is Cc1cccc2c(Nc3cccc(C(F)(F)F)c3)ncc(C(=O)N3CC4CC3CO4)c12. The van der Waals surface area contributed by atoms with Crippen molar-refractivity contribution in [2.45, 2.75) is 31.7 Å². The Morgan fingerprint density at radius 3 is 2.74 bits per heavy atom. The highest BCUT2D eigenvalue weighted by molar-refractivity contribution is 6.11. The minimum absolute atomic E-state index is 0.0829. The highest BCUT2D eigenvalue weighted by atomic mass is 19.4. The molecule has 2 aromatic carbocycles. The van der Waals surface area contributed by atoms with Crippen molar-refractivity contribution in [2.75, 3.05) is 18.5 Å². The number of amides is 1. The molecule has 2 atom stereocenters. The number of nitrogens with zero attached hydrogens (tertiary/aromatic N) is 2. The summed E-state index contributed by atoms with van der Waals surface area (Å²) < 4.78 is 44.8. The Labute approximate surface area is 176 Å². The van der Waals surface area contributed by atoms with E-state index in [1.165, 1.54) is 12.3 Å². The number of nitrogens with one attached hydrogen (secondary N) is 1. The van der Waals surface area contributed by atoms with Gasteiger partial charge in [-0.2, -0.15) is 13.2 Å². The second kappa shape index (κ2) is 7.23. The largest absolute Gasteiger partial charge is 0.416 e. The van der Waals surface area contributed by atoms with Crippen LogP contribution in [0.2, 0.25) is 0 Å². The van der Waals surface area contributed by atoms with Gasteiger partial charge in [-0.05, 0) is 37.1 Å². The molecule has 0 aliphatic carbocycles. The van der Waals surface area contributed by atoms with Crippen LogP contribution in [-0.2, 0) is 10.9 Å². The number of halogens is 3. The third-order valence-corrected chi connectivity index (χ3v) is 5.96. The summed E-state index contributed by atoms with van der Waals surface area (Å²) in [6.45, 7) is 3.03. The van der Waals surface area contributed by atoms with E-state index in [4.69, 9.17) is 4.74 Å². The number of benzene rings is 2. The lowest BCUT2D eigenvalue weighted by Crippen LogP contribution is -2.41. The highest BCUT2D eigenvalue weighted by Gasteiger charge is 2.42. The molecule has 1 N–H and O–H groups in total. The molecule has 160 valence electrons. The number of fused-ring (bicyclic) bond motifs is 3. The molecule has 3 heterocycles. The first-order valence-electron chi connectivity index (χ1n) is 10.1. The molecule has 5 nitrogen and oxygen atoms in total. The number of hydrogen-bond donors (Lipinski definition) is 1. The molecule has 0 saturated carbocycles. The number of alkyl halides is 3. The van der Waals surface area contributed by atoms with Gasteiger partial charge in [-0.3, -0.25) is 4.79 Å². The number of anilines is 2. The summed E-state index contributed by atoms with van der Waals surface area (Å²) in [6, 6.07) is 10.6. The van der Waals surface area contributed by atoms with E-state index < -0.39 is 11.7 Å². The van der Waals surface area contributed by atoms with Crippen molar-refractivity contribution < 1.29 is 22.7 Å². The summed E-state index contributed by atoms with van der Waals surface area (Å²) in [4.78, 5) is 19.6. The average Bonchev–Trinajstić information content (AvgIpc) is 3.37. The van der Waals surface area contributed by atoms with Gasteiger partial charge in [-0.25, -0.2) is 4.98 Å². The Hall–Kier alpha value is -3.13. The number of aromatic nitrogens is 1. The van der Waals surface area contributed by atoms with E-state index in [1.54, 1.807) is 6.07 Å². The Morgan fingerprint density at radius 2 is 2.03 bits per heavy atom. The van der Waals surface area contributed by atoms with E-state index in [1.807, 2.05) is 30.0 Å². The molecule has 1 amide bonds. The van der Waals surface area contributed by atoms with Gasteiger partial charge in [0.1, 0.15) is 5.82 Å². The fraction of sp³-hybridized carbons (Fsp3) is 0.304. The van der Waals surface area contributed by atoms with E-state index in [0.29, 0.717) is 29.9 Å². The minimum Gasteiger partial charge on any atom is -0.374 e. The molecule has 2 aliphatic rings. The number of likely N-dealkylation sites (tertiary alicyclic amines) is 1. The number of aryl methyl sites for hydroxylation is 1. The second-order valence-electron chi connectivity index (χ2n) is 8.02. The molecule has 5 rings (SSSR count). The molecule has 0 spiro atoms. The minimum atomic E-state index is -4.43. The Kier molecular flexibility index (Phi) is 4.62. The predicted molar refractivity (Wildman–Crippen MR) is 110 cm³/mol. The number of morpholine rings is 1. The van der Waals surface area contributed by atoms with Gasteiger partial charge in [-0.15, -0.1) is 0 Å². The molecule has 8 heteroatoms. The molecule has 1 aromatic heterocycles. The molecule has 2 saturated heterocycles. The van der Waals surface area contributed by atoms with Crippen molar-refractivity contribution in [3.05, 3.63) is 65.4 Å². The normalized spacial score (nSPS) is 20.5. The lowest BCUT2D eigenvalue weighted by atomic mass is 10.0. The molecule has 2 aliphatic heterocycles. The number of rotatable bonds is 3. The average molecular weight is 427 g/mol. The summed E-state index contributed by atoms with van der Waals surface area (Å²) in [5.41, 5.74) is 0.931. The van der Waals surface area contributed by atoms with Crippen LogP contribution in [0.3, 0.4) is 0 Å². The molecule has 2 unspecified atom stereocenters. The first-order valence-corrected chi connectivity index (χ1v) is 10.1. The zero-order chi connectivity index (χ0) is 21.8. The van der Waals surface area contributed by atoms with E-state index in [-0.39, 0.29) is 23.7 Å². The summed E-state index contributed by atoms with van der Waals surface area (Å²) >= 11 is 0. The summed E-state index contributed by atoms with van der Waals surface area (Å²) in [7, 11) is 0. The van der Waals surface area contributed by atoms with Gasteiger partial charge in [-0.1, -0.05) is 24.3 Å². The van der Waals surface area contributed by atoms with Crippen LogP contribution in [-0.4, -0.2) is 41.1 Å². The van der Waals surface area contributed by atoms with Crippen LogP contribution in [0.25, 0.3) is 10.8 Å². The van der Waals surface area contributed by atoms with Gasteiger partial charge < -0.3 is 15.0 Å². The first-order chi connectivity index (χ1) is 14.8. The van der Waals surface area contributed by atoms with Crippen molar-refractivity contribution >= 4 is 28.2 Å². The Bertz CT molecular complexity index is 1180. The van der Waals surface area contributed by atoms with Crippen LogP contribution < -0.4 is 5.32 Å². The quantitative estimate of drug-likeness (QED) is 0.645. The maximum Gasteiger partial charge on any atom is 0.416 e. The molecule has 2 bridgehead atoms. The number of carbonyl (C=O) groups excluding carboxylic acids is 1. The Morgan fingerprint density at radius 1 is 1.23 bits per heavy atom. The fourth-order valence-corrected chi connectivity index (χ4v) is 4.46. The second-order valence-corrected chi connectivity index (χ2v) is 8.02. The lowest BCUT2D eigenvalue weighted by molar-refractivity contribution is -0.137. The lowest BCUT2D eigenvalue weighted by Gasteiger charge is -2.27. The number of carbonyl (C=O) groups is 1. The third kappa shape index (κ3) is 3.50. The summed E-state index contributed by atoms with van der Waals surface area (Å²) in [5.74, 6) is 0.314. The van der Waals surface area contributed by atoms with Crippen LogP contribution in [0.4, 0.5) is 24.7 Å². The van der Waals surface area contributed by atoms with Gasteiger partial charge in [0.2, 0.25) is 0 Å². The number of pyridine rings is 1. The van der Waals surface area contributed by atoms with Gasteiger partial charge in [0.25, 0.3) is 5.91 Å². The van der Waals surface area contributed by atoms with Crippen molar-refractivity contribution in [3.8, 4) is 0 Å². The number of hydrogen-bond acceptors (Lipinski definition) is 4. The molecule has 3 aromatic rings. The van der Waals surface area contributed by atoms with Crippen LogP contribution in [0.1, 0.15) is 27.9 Å². The molecule has 0 radical (unpaired) electrons. The molecule has 2 fully saturated rings. The van der Waals surface area contributed by atoms with Crippen LogP contribution in [0, 0.1) is 6.92 Å².